The molecule has 0 unspecified atom stereocenters. The highest BCUT2D eigenvalue weighted by Crippen LogP contribution is 2.32. The van der Waals surface area contributed by atoms with E-state index in [1.165, 1.54) is 0 Å². The van der Waals surface area contributed by atoms with Crippen LogP contribution in [0.4, 0.5) is 5.82 Å². The third-order valence-electron chi connectivity index (χ3n) is 5.22. The van der Waals surface area contributed by atoms with Crippen LogP contribution in [0.25, 0.3) is 10.9 Å². The molecule has 1 aromatic heterocycles. The molecule has 0 saturated heterocycles. The number of nitrogens with one attached hydrogen (secondary N) is 2. The summed E-state index contributed by atoms with van der Waals surface area (Å²) in [4.78, 5) is 12.8. The molecule has 7 heteroatoms. The molecule has 1 aliphatic heterocycles. The Labute approximate surface area is 185 Å². The lowest BCUT2D eigenvalue weighted by Crippen LogP contribution is -2.15. The molecule has 162 valence electrons. The van der Waals surface area contributed by atoms with Crippen LogP contribution in [0.5, 0.6) is 17.2 Å². The lowest BCUT2D eigenvalue weighted by atomic mass is 10.1. The molecule has 7 nitrogen and oxygen atoms in total. The van der Waals surface area contributed by atoms with Crippen LogP contribution >= 0.6 is 0 Å². The Morgan fingerprint density at radius 1 is 0.969 bits per heavy atom. The summed E-state index contributed by atoms with van der Waals surface area (Å²) in [6, 6.07) is 21.2. The van der Waals surface area contributed by atoms with Crippen molar-refractivity contribution in [2.24, 2.45) is 0 Å². The number of anilines is 1. The number of rotatable bonds is 6. The first-order valence-corrected chi connectivity index (χ1v) is 10.6. The summed E-state index contributed by atoms with van der Waals surface area (Å²) in [5.41, 5.74) is 2.70. The molecule has 0 fully saturated rings. The second-order valence-corrected chi connectivity index (χ2v) is 7.58. The molecule has 0 atom stereocenters. The average Bonchev–Trinajstić information content (AvgIpc) is 3.07. The highest BCUT2D eigenvalue weighted by Gasteiger charge is 2.16. The number of hydrogen-bond acceptors (Lipinski definition) is 5. The van der Waals surface area contributed by atoms with E-state index in [2.05, 4.69) is 15.5 Å². The molecule has 4 aromatic rings. The lowest BCUT2D eigenvalue weighted by molar-refractivity contribution is -0.115. The molecule has 2 heterocycles. The standard InChI is InChI=1S/C25H23N3O4/c29-23(15-18-10-11-20-22(14-18)31-13-5-12-30-20)26-25-24-19(27-28-25)8-4-9-21(24)32-16-17-6-2-1-3-7-17/h1-4,6-11,14H,5,12-13,15-16H2,(H2,26,27,28,29). The molecule has 32 heavy (non-hydrogen) atoms. The Morgan fingerprint density at radius 2 is 1.81 bits per heavy atom. The van der Waals surface area contributed by atoms with Crippen LogP contribution in [0.15, 0.2) is 66.7 Å². The Kier molecular flexibility index (Phi) is 5.61. The fourth-order valence-electron chi connectivity index (χ4n) is 3.67. The van der Waals surface area contributed by atoms with Crippen LogP contribution in [-0.2, 0) is 17.8 Å². The zero-order chi connectivity index (χ0) is 21.8. The van der Waals surface area contributed by atoms with Gasteiger partial charge >= 0.3 is 0 Å². The topological polar surface area (TPSA) is 85.5 Å². The highest BCUT2D eigenvalue weighted by atomic mass is 16.5. The van der Waals surface area contributed by atoms with Crippen molar-refractivity contribution in [2.75, 3.05) is 18.5 Å². The number of carbonyl (C=O) groups excluding carboxylic acids is 1. The number of nitrogens with zero attached hydrogens (tertiary/aromatic N) is 1. The maximum atomic E-state index is 12.8. The minimum absolute atomic E-state index is 0.175. The molecule has 0 radical (unpaired) electrons. The normalized spacial score (nSPS) is 12.9. The molecule has 1 amide bonds. The van der Waals surface area contributed by atoms with Crippen molar-refractivity contribution in [3.63, 3.8) is 0 Å². The van der Waals surface area contributed by atoms with Gasteiger partial charge in [-0.05, 0) is 35.4 Å². The monoisotopic (exact) mass is 429 g/mol. The van der Waals surface area contributed by atoms with Crippen LogP contribution < -0.4 is 19.5 Å². The molecular weight excluding hydrogens is 406 g/mol. The van der Waals surface area contributed by atoms with Crippen molar-refractivity contribution in [1.29, 1.82) is 0 Å². The first-order chi connectivity index (χ1) is 15.8. The number of aromatic nitrogens is 2. The Hall–Kier alpha value is -4.00. The number of ether oxygens (including phenoxy) is 3. The summed E-state index contributed by atoms with van der Waals surface area (Å²) in [5, 5.41) is 10.9. The van der Waals surface area contributed by atoms with Gasteiger partial charge in [0, 0.05) is 6.42 Å². The van der Waals surface area contributed by atoms with Gasteiger partial charge in [-0.15, -0.1) is 0 Å². The molecule has 2 N–H and O–H groups in total. The van der Waals surface area contributed by atoms with Gasteiger partial charge in [0.2, 0.25) is 5.91 Å². The van der Waals surface area contributed by atoms with Crippen LogP contribution in [0.2, 0.25) is 0 Å². The van der Waals surface area contributed by atoms with E-state index in [1.807, 2.05) is 66.7 Å². The summed E-state index contributed by atoms with van der Waals surface area (Å²) < 4.78 is 17.4. The number of benzene rings is 3. The zero-order valence-corrected chi connectivity index (χ0v) is 17.5. The van der Waals surface area contributed by atoms with E-state index in [9.17, 15) is 4.79 Å². The molecule has 5 rings (SSSR count). The van der Waals surface area contributed by atoms with Gasteiger partial charge in [0.05, 0.1) is 30.5 Å². The van der Waals surface area contributed by atoms with Crippen molar-refractivity contribution in [1.82, 2.24) is 10.2 Å². The molecule has 0 spiro atoms. The second kappa shape index (κ2) is 9.01. The fourth-order valence-corrected chi connectivity index (χ4v) is 3.67. The number of amides is 1. The van der Waals surface area contributed by atoms with E-state index < -0.39 is 0 Å². The highest BCUT2D eigenvalue weighted by molar-refractivity contribution is 6.03. The van der Waals surface area contributed by atoms with Gasteiger partial charge in [-0.2, -0.15) is 5.10 Å². The van der Waals surface area contributed by atoms with Crippen molar-refractivity contribution in [2.45, 2.75) is 19.4 Å². The predicted octanol–water partition coefficient (Wildman–Crippen LogP) is 4.48. The van der Waals surface area contributed by atoms with Gasteiger partial charge in [-0.1, -0.05) is 42.5 Å². The maximum absolute atomic E-state index is 12.8. The fraction of sp³-hybridized carbons (Fsp3) is 0.200. The summed E-state index contributed by atoms with van der Waals surface area (Å²) in [5.74, 6) is 2.32. The Bertz CT molecular complexity index is 1240. The third-order valence-corrected chi connectivity index (χ3v) is 5.22. The lowest BCUT2D eigenvalue weighted by Gasteiger charge is -2.10. The van der Waals surface area contributed by atoms with E-state index in [-0.39, 0.29) is 12.3 Å². The van der Waals surface area contributed by atoms with Crippen molar-refractivity contribution < 1.29 is 19.0 Å². The van der Waals surface area contributed by atoms with Gasteiger partial charge in [0.25, 0.3) is 0 Å². The van der Waals surface area contributed by atoms with Gasteiger partial charge in [0.1, 0.15) is 12.4 Å². The Morgan fingerprint density at radius 3 is 2.69 bits per heavy atom. The second-order valence-electron chi connectivity index (χ2n) is 7.58. The number of aromatic amines is 1. The molecule has 1 aliphatic rings. The van der Waals surface area contributed by atoms with Crippen molar-refractivity contribution in [3.8, 4) is 17.2 Å². The van der Waals surface area contributed by atoms with Gasteiger partial charge in [-0.25, -0.2) is 0 Å². The first-order valence-electron chi connectivity index (χ1n) is 10.6. The summed E-state index contributed by atoms with van der Waals surface area (Å²) in [6.45, 7) is 1.66. The van der Waals surface area contributed by atoms with Crippen LogP contribution in [0.1, 0.15) is 17.5 Å². The molecular formula is C25H23N3O4. The number of carbonyl (C=O) groups is 1. The summed E-state index contributed by atoms with van der Waals surface area (Å²) in [7, 11) is 0. The first kappa shape index (κ1) is 19.9. The number of H-pyrrole nitrogens is 1. The van der Waals surface area contributed by atoms with E-state index >= 15 is 0 Å². The average molecular weight is 429 g/mol. The van der Waals surface area contributed by atoms with Gasteiger partial charge < -0.3 is 19.5 Å². The van der Waals surface area contributed by atoms with Crippen molar-refractivity contribution >= 4 is 22.6 Å². The van der Waals surface area contributed by atoms with Gasteiger partial charge in [0.15, 0.2) is 17.3 Å². The molecule has 0 saturated carbocycles. The third kappa shape index (κ3) is 4.37. The quantitative estimate of drug-likeness (QED) is 0.472. The number of hydrogen-bond donors (Lipinski definition) is 2. The van der Waals surface area contributed by atoms with Crippen LogP contribution in [0.3, 0.4) is 0 Å². The maximum Gasteiger partial charge on any atom is 0.230 e. The minimum atomic E-state index is -0.175. The van der Waals surface area contributed by atoms with E-state index in [1.54, 1.807) is 0 Å². The minimum Gasteiger partial charge on any atom is -0.490 e. The Balaban J connectivity index is 1.31. The molecule has 3 aromatic carbocycles. The zero-order valence-electron chi connectivity index (χ0n) is 17.5. The largest absolute Gasteiger partial charge is 0.490 e. The molecule has 0 aliphatic carbocycles. The smallest absolute Gasteiger partial charge is 0.230 e. The van der Waals surface area contributed by atoms with E-state index in [4.69, 9.17) is 14.2 Å². The number of fused-ring (bicyclic) bond motifs is 2. The summed E-state index contributed by atoms with van der Waals surface area (Å²) >= 11 is 0. The predicted molar refractivity (Wildman–Crippen MR) is 121 cm³/mol. The van der Waals surface area contributed by atoms with E-state index in [0.29, 0.717) is 42.9 Å². The SMILES string of the molecule is O=C(Cc1ccc2c(c1)OCCCO2)Nc1n[nH]c2cccc(OCc3ccccc3)c12. The van der Waals surface area contributed by atoms with E-state index in [0.717, 1.165) is 28.5 Å². The van der Waals surface area contributed by atoms with Crippen molar-refractivity contribution in [3.05, 3.63) is 77.9 Å². The molecule has 0 bridgehead atoms. The van der Waals surface area contributed by atoms with Gasteiger partial charge in [-0.3, -0.25) is 9.89 Å². The summed E-state index contributed by atoms with van der Waals surface area (Å²) in [6.07, 6.45) is 1.03. The van der Waals surface area contributed by atoms with Crippen LogP contribution in [0, 0.1) is 0 Å². The van der Waals surface area contributed by atoms with Crippen LogP contribution in [-0.4, -0.2) is 29.3 Å².